The van der Waals surface area contributed by atoms with Crippen LogP contribution in [-0.4, -0.2) is 23.8 Å². The van der Waals surface area contributed by atoms with Crippen LogP contribution < -0.4 is 0 Å². The van der Waals surface area contributed by atoms with Crippen LogP contribution in [0.5, 0.6) is 0 Å². The van der Waals surface area contributed by atoms with Crippen molar-refractivity contribution < 1.29 is 14.6 Å². The van der Waals surface area contributed by atoms with E-state index >= 15 is 0 Å². The molecule has 0 amide bonds. The minimum absolute atomic E-state index is 0.0905. The summed E-state index contributed by atoms with van der Waals surface area (Å²) in [4.78, 5) is 11.3. The molecule has 0 aromatic carbocycles. The van der Waals surface area contributed by atoms with Crippen LogP contribution in [0.25, 0.3) is 0 Å². The van der Waals surface area contributed by atoms with E-state index in [-0.39, 0.29) is 19.0 Å². The normalized spacial score (nSPS) is 22.9. The predicted octanol–water partition coefficient (Wildman–Crippen LogP) is 2.03. The molecular formula is C15H20O3. The van der Waals surface area contributed by atoms with Gasteiger partial charge in [-0.15, -0.1) is 0 Å². The van der Waals surface area contributed by atoms with Crippen molar-refractivity contribution in [2.75, 3.05) is 6.61 Å². The standard InChI is InChI=1S/C15H20O3/c16-14-11-9-7-5-3-1-2-4-6-8-10-12-18-15(17)13-14/h14,16H,1,3,5,7,9-13H2. The van der Waals surface area contributed by atoms with Crippen LogP contribution in [-0.2, 0) is 9.53 Å². The first-order chi connectivity index (χ1) is 8.79. The van der Waals surface area contributed by atoms with Crippen LogP contribution in [0, 0.1) is 23.7 Å². The number of esters is 1. The van der Waals surface area contributed by atoms with Gasteiger partial charge in [0.15, 0.2) is 0 Å². The minimum atomic E-state index is -0.573. The fraction of sp³-hybridized carbons (Fsp3) is 0.667. The SMILES string of the molecule is O=C1CC(O)CCCCCCC#CC#CCCO1. The maximum absolute atomic E-state index is 11.3. The topological polar surface area (TPSA) is 46.5 Å². The number of carbonyl (C=O) groups is 1. The molecule has 1 rings (SSSR count). The summed E-state index contributed by atoms with van der Waals surface area (Å²) in [6, 6.07) is 0. The van der Waals surface area contributed by atoms with Crippen molar-refractivity contribution >= 4 is 5.97 Å². The van der Waals surface area contributed by atoms with Crippen molar-refractivity contribution in [2.24, 2.45) is 0 Å². The highest BCUT2D eigenvalue weighted by molar-refractivity contribution is 5.69. The molecule has 0 saturated heterocycles. The minimum Gasteiger partial charge on any atom is -0.465 e. The first kappa shape index (κ1) is 14.6. The third-order valence-corrected chi connectivity index (χ3v) is 2.72. The lowest BCUT2D eigenvalue weighted by Gasteiger charge is -2.09. The van der Waals surface area contributed by atoms with Crippen molar-refractivity contribution in [1.29, 1.82) is 0 Å². The second-order valence-corrected chi connectivity index (χ2v) is 4.38. The molecule has 0 aromatic heterocycles. The van der Waals surface area contributed by atoms with Crippen LogP contribution in [0.15, 0.2) is 0 Å². The Morgan fingerprint density at radius 3 is 2.61 bits per heavy atom. The Morgan fingerprint density at radius 1 is 1.06 bits per heavy atom. The lowest BCUT2D eigenvalue weighted by Crippen LogP contribution is -2.16. The number of cyclic esters (lactones) is 1. The van der Waals surface area contributed by atoms with Gasteiger partial charge in [-0.05, 0) is 24.7 Å². The van der Waals surface area contributed by atoms with E-state index in [0.29, 0.717) is 12.8 Å². The van der Waals surface area contributed by atoms with Gasteiger partial charge in [0.05, 0.1) is 12.5 Å². The Balaban J connectivity index is 2.40. The predicted molar refractivity (Wildman–Crippen MR) is 69.5 cm³/mol. The number of carbonyl (C=O) groups excluding carboxylic acids is 1. The zero-order valence-corrected chi connectivity index (χ0v) is 10.7. The third kappa shape index (κ3) is 7.76. The third-order valence-electron chi connectivity index (χ3n) is 2.72. The van der Waals surface area contributed by atoms with Crippen molar-refractivity contribution in [3.8, 4) is 23.7 Å². The van der Waals surface area contributed by atoms with Gasteiger partial charge in [-0.1, -0.05) is 31.1 Å². The summed E-state index contributed by atoms with van der Waals surface area (Å²) in [5, 5.41) is 9.64. The maximum atomic E-state index is 11.3. The van der Waals surface area contributed by atoms with Gasteiger partial charge in [0, 0.05) is 12.8 Å². The molecular weight excluding hydrogens is 228 g/mol. The molecule has 0 radical (unpaired) electrons. The van der Waals surface area contributed by atoms with Gasteiger partial charge in [-0.3, -0.25) is 4.79 Å². The van der Waals surface area contributed by atoms with E-state index in [1.165, 1.54) is 0 Å². The van der Waals surface area contributed by atoms with Gasteiger partial charge in [-0.2, -0.15) is 0 Å². The van der Waals surface area contributed by atoms with Crippen LogP contribution in [0.1, 0.15) is 51.4 Å². The summed E-state index contributed by atoms with van der Waals surface area (Å²) >= 11 is 0. The second-order valence-electron chi connectivity index (χ2n) is 4.38. The van der Waals surface area contributed by atoms with Crippen LogP contribution in [0.2, 0.25) is 0 Å². The molecule has 0 aliphatic carbocycles. The van der Waals surface area contributed by atoms with Crippen molar-refractivity contribution in [3.05, 3.63) is 0 Å². The molecule has 3 heteroatoms. The molecule has 1 atom stereocenters. The molecule has 1 N–H and O–H groups in total. The summed E-state index contributed by atoms with van der Waals surface area (Å²) in [6.07, 6.45) is 5.76. The summed E-state index contributed by atoms with van der Waals surface area (Å²) in [6.45, 7) is 0.278. The van der Waals surface area contributed by atoms with Gasteiger partial charge in [0.1, 0.15) is 6.61 Å². The summed E-state index contributed by atoms with van der Waals surface area (Å²) in [7, 11) is 0. The van der Waals surface area contributed by atoms with E-state index in [1.807, 2.05) is 0 Å². The van der Waals surface area contributed by atoms with Gasteiger partial charge in [0.2, 0.25) is 0 Å². The lowest BCUT2D eigenvalue weighted by molar-refractivity contribution is -0.145. The van der Waals surface area contributed by atoms with E-state index in [1.54, 1.807) is 0 Å². The van der Waals surface area contributed by atoms with E-state index < -0.39 is 6.10 Å². The molecule has 0 fully saturated rings. The molecule has 1 aliphatic rings. The van der Waals surface area contributed by atoms with Crippen LogP contribution in [0.3, 0.4) is 0 Å². The molecule has 1 heterocycles. The highest BCUT2D eigenvalue weighted by Crippen LogP contribution is 2.09. The largest absolute Gasteiger partial charge is 0.465 e. The van der Waals surface area contributed by atoms with E-state index in [0.717, 1.165) is 32.1 Å². The van der Waals surface area contributed by atoms with Gasteiger partial charge < -0.3 is 9.84 Å². The maximum Gasteiger partial charge on any atom is 0.308 e. The monoisotopic (exact) mass is 248 g/mol. The van der Waals surface area contributed by atoms with Crippen LogP contribution in [0.4, 0.5) is 0 Å². The number of rotatable bonds is 0. The average molecular weight is 248 g/mol. The zero-order valence-electron chi connectivity index (χ0n) is 10.7. The van der Waals surface area contributed by atoms with Crippen LogP contribution >= 0.6 is 0 Å². The number of aliphatic hydroxyl groups excluding tert-OH is 1. The number of hydrogen-bond donors (Lipinski definition) is 1. The van der Waals surface area contributed by atoms with Crippen molar-refractivity contribution in [1.82, 2.24) is 0 Å². The smallest absolute Gasteiger partial charge is 0.308 e. The molecule has 0 aromatic rings. The van der Waals surface area contributed by atoms with E-state index in [4.69, 9.17) is 4.74 Å². The van der Waals surface area contributed by atoms with Gasteiger partial charge in [-0.25, -0.2) is 0 Å². The Hall–Kier alpha value is -1.45. The van der Waals surface area contributed by atoms with E-state index in [2.05, 4.69) is 23.7 Å². The van der Waals surface area contributed by atoms with Gasteiger partial charge in [0.25, 0.3) is 0 Å². The van der Waals surface area contributed by atoms with E-state index in [9.17, 15) is 9.90 Å². The Bertz CT molecular complexity index is 365. The zero-order chi connectivity index (χ0) is 13.1. The Morgan fingerprint density at radius 2 is 1.78 bits per heavy atom. The molecule has 1 aliphatic heterocycles. The quantitative estimate of drug-likeness (QED) is 0.527. The highest BCUT2D eigenvalue weighted by Gasteiger charge is 2.11. The molecule has 3 nitrogen and oxygen atoms in total. The fourth-order valence-corrected chi connectivity index (χ4v) is 1.73. The van der Waals surface area contributed by atoms with Crippen molar-refractivity contribution in [2.45, 2.75) is 57.5 Å². The Kier molecular flexibility index (Phi) is 7.77. The Labute approximate surface area is 109 Å². The number of ether oxygens (including phenoxy) is 1. The molecule has 1 unspecified atom stereocenters. The molecule has 18 heavy (non-hydrogen) atoms. The molecule has 0 bridgehead atoms. The van der Waals surface area contributed by atoms with Crippen molar-refractivity contribution in [3.63, 3.8) is 0 Å². The van der Waals surface area contributed by atoms with Gasteiger partial charge >= 0.3 is 5.97 Å². The first-order valence-electron chi connectivity index (χ1n) is 6.58. The summed E-state index contributed by atoms with van der Waals surface area (Å²) < 4.78 is 4.96. The molecule has 0 spiro atoms. The molecule has 0 saturated carbocycles. The second kappa shape index (κ2) is 9.57. The number of hydrogen-bond acceptors (Lipinski definition) is 3. The number of aliphatic hydroxyl groups is 1. The highest BCUT2D eigenvalue weighted by atomic mass is 16.5. The first-order valence-corrected chi connectivity index (χ1v) is 6.58. The lowest BCUT2D eigenvalue weighted by atomic mass is 10.1. The average Bonchev–Trinajstić information content (AvgIpc) is 2.33. The fourth-order valence-electron chi connectivity index (χ4n) is 1.73. The summed E-state index contributed by atoms with van der Waals surface area (Å²) in [5.74, 6) is 11.0. The molecule has 98 valence electrons. The summed E-state index contributed by atoms with van der Waals surface area (Å²) in [5.41, 5.74) is 0.